The number of hydrogen-bond acceptors (Lipinski definition) is 26. The van der Waals surface area contributed by atoms with E-state index in [1.54, 1.807) is 0 Å². The summed E-state index contributed by atoms with van der Waals surface area (Å²) in [5.41, 5.74) is -1.59. The molecule has 5 aliphatic heterocycles. The molecule has 0 aromatic heterocycles. The van der Waals surface area contributed by atoms with Gasteiger partial charge >= 0.3 is 0 Å². The van der Waals surface area contributed by atoms with Crippen molar-refractivity contribution in [2.45, 2.75) is 279 Å². The fraction of sp³-hybridized carbons (Fsp3) is 0.966. The molecule has 4 aliphatic carbocycles. The fourth-order valence-electron chi connectivity index (χ4n) is 17.4. The van der Waals surface area contributed by atoms with Gasteiger partial charge in [-0.15, -0.1) is 0 Å². The van der Waals surface area contributed by atoms with Crippen molar-refractivity contribution in [3.8, 4) is 0 Å². The second kappa shape index (κ2) is 26.4. The summed E-state index contributed by atoms with van der Waals surface area (Å²) >= 11 is 0. The van der Waals surface area contributed by atoms with Gasteiger partial charge < -0.3 is 129 Å². The van der Waals surface area contributed by atoms with Gasteiger partial charge in [-0.05, 0) is 130 Å². The molecule has 4 saturated carbocycles. The lowest BCUT2D eigenvalue weighted by atomic mass is 9.35. The summed E-state index contributed by atoms with van der Waals surface area (Å²) in [7, 11) is 0. The minimum Gasteiger partial charge on any atom is -0.394 e. The predicted molar refractivity (Wildman–Crippen MR) is 291 cm³/mol. The van der Waals surface area contributed by atoms with E-state index in [9.17, 15) is 81.7 Å². The van der Waals surface area contributed by atoms with Crippen LogP contribution in [0.5, 0.6) is 0 Å². The Kier molecular flexibility index (Phi) is 21.1. The summed E-state index contributed by atoms with van der Waals surface area (Å²) in [6.07, 6.45) is -28.8. The topological polar surface area (TPSA) is 416 Å². The van der Waals surface area contributed by atoms with E-state index in [2.05, 4.69) is 40.7 Å². The van der Waals surface area contributed by atoms with Crippen LogP contribution in [0, 0.1) is 45.3 Å². The number of rotatable bonds is 18. The van der Waals surface area contributed by atoms with E-state index >= 15 is 0 Å². The van der Waals surface area contributed by atoms with Crippen molar-refractivity contribution >= 4 is 0 Å². The third kappa shape index (κ3) is 12.5. The first-order valence-corrected chi connectivity index (χ1v) is 30.7. The first kappa shape index (κ1) is 68.1. The molecule has 9 aliphatic rings. The Morgan fingerprint density at radius 1 is 0.541 bits per heavy atom. The van der Waals surface area contributed by atoms with E-state index in [-0.39, 0.29) is 47.7 Å². The summed E-state index contributed by atoms with van der Waals surface area (Å²) in [5, 5.41) is 174. The van der Waals surface area contributed by atoms with Crippen LogP contribution in [0.15, 0.2) is 11.6 Å². The molecular weight excluding hydrogens is 1120 g/mol. The molecule has 492 valence electrons. The van der Waals surface area contributed by atoms with Crippen LogP contribution in [0.4, 0.5) is 0 Å². The van der Waals surface area contributed by atoms with Gasteiger partial charge in [0, 0.05) is 0 Å². The van der Waals surface area contributed by atoms with E-state index in [1.165, 1.54) is 0 Å². The molecule has 33 atom stereocenters. The zero-order valence-corrected chi connectivity index (χ0v) is 50.2. The van der Waals surface area contributed by atoms with Crippen molar-refractivity contribution in [3.05, 3.63) is 11.6 Å². The molecule has 26 heteroatoms. The Hall–Kier alpha value is -1.30. The molecule has 5 saturated heterocycles. The number of hydrogen-bond donors (Lipinski definition) is 16. The highest BCUT2D eigenvalue weighted by Gasteiger charge is 2.72. The summed E-state index contributed by atoms with van der Waals surface area (Å²) < 4.78 is 60.4. The third-order valence-corrected chi connectivity index (χ3v) is 22.5. The highest BCUT2D eigenvalue weighted by atomic mass is 16.8. The van der Waals surface area contributed by atoms with Gasteiger partial charge in [0.2, 0.25) is 0 Å². The van der Waals surface area contributed by atoms with Crippen LogP contribution in [0.25, 0.3) is 0 Å². The smallest absolute Gasteiger partial charge is 0.187 e. The summed E-state index contributed by atoms with van der Waals surface area (Å²) in [6.45, 7) is 14.6. The normalized spacial score (nSPS) is 52.5. The number of unbranched alkanes of at least 4 members (excludes halogenated alkanes) is 1. The van der Waals surface area contributed by atoms with Crippen molar-refractivity contribution in [1.29, 1.82) is 0 Å². The molecule has 85 heavy (non-hydrogen) atoms. The Labute approximate surface area is 496 Å². The number of fused-ring (bicyclic) bond motifs is 5. The van der Waals surface area contributed by atoms with E-state index in [1.807, 2.05) is 20.8 Å². The van der Waals surface area contributed by atoms with E-state index in [0.29, 0.717) is 44.9 Å². The van der Waals surface area contributed by atoms with Crippen molar-refractivity contribution < 1.29 is 129 Å². The van der Waals surface area contributed by atoms with Gasteiger partial charge in [0.1, 0.15) is 110 Å². The second-order valence-corrected chi connectivity index (χ2v) is 28.0. The molecule has 0 radical (unpaired) electrons. The van der Waals surface area contributed by atoms with Crippen LogP contribution in [0.2, 0.25) is 0 Å². The largest absolute Gasteiger partial charge is 0.394 e. The van der Waals surface area contributed by atoms with E-state index < -0.39 is 190 Å². The molecule has 33 unspecified atom stereocenters. The molecule has 9 rings (SSSR count). The van der Waals surface area contributed by atoms with Crippen LogP contribution in [0.1, 0.15) is 120 Å². The third-order valence-electron chi connectivity index (χ3n) is 22.5. The van der Waals surface area contributed by atoms with Gasteiger partial charge in [0.05, 0.1) is 50.8 Å². The molecule has 0 aromatic rings. The van der Waals surface area contributed by atoms with E-state index in [4.69, 9.17) is 47.4 Å². The number of ether oxygens (including phenoxy) is 10. The zero-order valence-electron chi connectivity index (χ0n) is 50.2. The van der Waals surface area contributed by atoms with Gasteiger partial charge in [-0.25, -0.2) is 0 Å². The highest BCUT2D eigenvalue weighted by molar-refractivity contribution is 5.20. The predicted octanol–water partition coefficient (Wildman–Crippen LogP) is -2.71. The van der Waals surface area contributed by atoms with Gasteiger partial charge in [0.15, 0.2) is 31.5 Å². The van der Waals surface area contributed by atoms with Crippen LogP contribution < -0.4 is 0 Å². The number of aliphatic hydroxyl groups is 16. The average molecular weight is 1230 g/mol. The van der Waals surface area contributed by atoms with Crippen LogP contribution >= 0.6 is 0 Å². The summed E-state index contributed by atoms with van der Waals surface area (Å²) in [6, 6.07) is 0. The second-order valence-electron chi connectivity index (χ2n) is 28.0. The monoisotopic (exact) mass is 1220 g/mol. The lowest BCUT2D eigenvalue weighted by Gasteiger charge is -2.71. The molecule has 5 heterocycles. The quantitative estimate of drug-likeness (QED) is 0.0377. The molecule has 16 N–H and O–H groups in total. The average Bonchev–Trinajstić information content (AvgIpc) is 1.79. The molecule has 0 bridgehead atoms. The summed E-state index contributed by atoms with van der Waals surface area (Å²) in [5.74, 6) is -0.514. The Morgan fingerprint density at radius 2 is 1.12 bits per heavy atom. The van der Waals surface area contributed by atoms with Crippen LogP contribution in [-0.2, 0) is 47.4 Å². The highest BCUT2D eigenvalue weighted by Crippen LogP contribution is 2.76. The Morgan fingerprint density at radius 3 is 1.78 bits per heavy atom. The maximum absolute atomic E-state index is 12.9. The minimum absolute atomic E-state index is 0.0256. The van der Waals surface area contributed by atoms with E-state index in [0.717, 1.165) is 24.8 Å². The van der Waals surface area contributed by atoms with Crippen molar-refractivity contribution in [1.82, 2.24) is 0 Å². The standard InChI is InChI=1S/C59H100O26/c1-25(2)11-9-10-15-59(8,85-53-48(75)43(70)40(67)31(82-53)23-77-50-46(73)41(68)32(24-78-50)81-51-45(72)37(64)28(63)22-76-51)26-12-17-58(7)36(26)27(62)19-34-56(5)16-14-35(55(3,4)33(56)13-18-57(34,58)6)83-54-49(44(71)39(66)30(21-61)80-54)84-52-47(74)42(69)38(65)29(20-60)79-52/h11,26-54,60-75H,9-10,12-24H2,1-8H3. The first-order valence-electron chi connectivity index (χ1n) is 30.7. The minimum atomic E-state index is -1.82. The first-order chi connectivity index (χ1) is 39.9. The van der Waals surface area contributed by atoms with Crippen molar-refractivity contribution in [2.75, 3.05) is 33.0 Å². The van der Waals surface area contributed by atoms with Gasteiger partial charge in [0.25, 0.3) is 0 Å². The Balaban J connectivity index is 0.899. The van der Waals surface area contributed by atoms with Crippen LogP contribution in [-0.4, -0.2) is 274 Å². The number of allylic oxidation sites excluding steroid dienone is 2. The van der Waals surface area contributed by atoms with Crippen molar-refractivity contribution in [2.24, 2.45) is 45.3 Å². The maximum Gasteiger partial charge on any atom is 0.187 e. The number of aliphatic hydroxyl groups excluding tert-OH is 16. The van der Waals surface area contributed by atoms with Gasteiger partial charge in [-0.3, -0.25) is 0 Å². The lowest BCUT2D eigenvalue weighted by Crippen LogP contribution is -2.68. The molecule has 9 fully saturated rings. The Bertz CT molecular complexity index is 2230. The molecule has 0 amide bonds. The molecule has 0 aromatic carbocycles. The van der Waals surface area contributed by atoms with Gasteiger partial charge in [-0.2, -0.15) is 0 Å². The molecule has 0 spiro atoms. The zero-order chi connectivity index (χ0) is 62.2. The van der Waals surface area contributed by atoms with Gasteiger partial charge in [-0.1, -0.05) is 46.3 Å². The lowest BCUT2D eigenvalue weighted by molar-refractivity contribution is -0.378. The molecule has 26 nitrogen and oxygen atoms in total. The fourth-order valence-corrected chi connectivity index (χ4v) is 17.4. The summed E-state index contributed by atoms with van der Waals surface area (Å²) in [4.78, 5) is 0. The molecular formula is C59H100O26. The van der Waals surface area contributed by atoms with Crippen LogP contribution in [0.3, 0.4) is 0 Å². The van der Waals surface area contributed by atoms with Crippen molar-refractivity contribution in [3.63, 3.8) is 0 Å². The SMILES string of the molecule is CC(C)=CCCCC(C)(OC1OC(COC2OCC(OC3OCC(O)C(O)C3O)C(O)C2O)C(O)C(O)C1O)C1CCC2(C)C1C(O)CC1C3(C)CCC(OC4OC(CO)C(O)C(O)C4OC4OC(CO)C(O)C(O)C4O)C(C)(C)C3CCC12C. The maximum atomic E-state index is 12.9.